The Morgan fingerprint density at radius 3 is 2.30 bits per heavy atom. The van der Waals surface area contributed by atoms with Gasteiger partial charge in [-0.3, -0.25) is 0 Å². The van der Waals surface area contributed by atoms with Gasteiger partial charge in [-0.1, -0.05) is 41.5 Å². The van der Waals surface area contributed by atoms with Gasteiger partial charge >= 0.3 is 0 Å². The molecule has 104 valence electrons. The van der Waals surface area contributed by atoms with Crippen molar-refractivity contribution in [3.8, 4) is 0 Å². The van der Waals surface area contributed by atoms with E-state index in [1.165, 1.54) is 22.3 Å². The molecule has 0 radical (unpaired) electrons. The van der Waals surface area contributed by atoms with Crippen LogP contribution in [0.3, 0.4) is 0 Å². The van der Waals surface area contributed by atoms with E-state index in [9.17, 15) is 0 Å². The van der Waals surface area contributed by atoms with Crippen molar-refractivity contribution in [3.63, 3.8) is 0 Å². The second-order valence-corrected chi connectivity index (χ2v) is 5.12. The molecule has 2 aromatic rings. The van der Waals surface area contributed by atoms with E-state index in [1.54, 1.807) is 0 Å². The number of aryl methyl sites for hydroxylation is 3. The van der Waals surface area contributed by atoms with E-state index in [-0.39, 0.29) is 0 Å². The van der Waals surface area contributed by atoms with Crippen LogP contribution >= 0.6 is 0 Å². The topological polar surface area (TPSA) is 50.4 Å². The molecule has 0 aromatic heterocycles. The Labute approximate surface area is 120 Å². The normalized spacial score (nSPS) is 11.4. The van der Waals surface area contributed by atoms with Gasteiger partial charge in [0.1, 0.15) is 0 Å². The molecule has 0 heterocycles. The molecule has 0 fully saturated rings. The molecule has 0 saturated heterocycles. The minimum Gasteiger partial charge on any atom is -0.370 e. The fourth-order valence-electron chi connectivity index (χ4n) is 2.02. The number of nitrogens with one attached hydrogen (secondary N) is 1. The number of hydrogen-bond acceptors (Lipinski definition) is 1. The first kappa shape index (κ1) is 14.1. The molecule has 0 aliphatic heterocycles. The van der Waals surface area contributed by atoms with Gasteiger partial charge in [-0.25, -0.2) is 4.99 Å². The summed E-state index contributed by atoms with van der Waals surface area (Å²) < 4.78 is 0. The third kappa shape index (κ3) is 3.85. The second-order valence-electron chi connectivity index (χ2n) is 5.12. The van der Waals surface area contributed by atoms with Gasteiger partial charge in [-0.2, -0.15) is 0 Å². The molecule has 2 aromatic carbocycles. The first-order chi connectivity index (χ1) is 9.54. The minimum absolute atomic E-state index is 0.439. The van der Waals surface area contributed by atoms with Crippen molar-refractivity contribution < 1.29 is 0 Å². The van der Waals surface area contributed by atoms with Gasteiger partial charge in [0.2, 0.25) is 0 Å². The first-order valence-electron chi connectivity index (χ1n) is 6.74. The fourth-order valence-corrected chi connectivity index (χ4v) is 2.02. The van der Waals surface area contributed by atoms with Gasteiger partial charge in [0.25, 0.3) is 0 Å². The van der Waals surface area contributed by atoms with Crippen LogP contribution in [0.4, 0.5) is 5.69 Å². The third-order valence-electron chi connectivity index (χ3n) is 3.24. The summed E-state index contributed by atoms with van der Waals surface area (Å²) in [5.41, 5.74) is 11.8. The first-order valence-corrected chi connectivity index (χ1v) is 6.74. The minimum atomic E-state index is 0.439. The van der Waals surface area contributed by atoms with E-state index >= 15 is 0 Å². The van der Waals surface area contributed by atoms with Crippen molar-refractivity contribution in [1.82, 2.24) is 0 Å². The Morgan fingerprint density at radius 2 is 1.65 bits per heavy atom. The van der Waals surface area contributed by atoms with Gasteiger partial charge in [-0.15, -0.1) is 0 Å². The highest BCUT2D eigenvalue weighted by atomic mass is 15.1. The lowest BCUT2D eigenvalue weighted by Gasteiger charge is -2.07. The average Bonchev–Trinajstić information content (AvgIpc) is 2.40. The Hall–Kier alpha value is -2.29. The van der Waals surface area contributed by atoms with Crippen LogP contribution in [-0.2, 0) is 6.54 Å². The Bertz CT molecular complexity index is 613. The molecule has 0 aliphatic rings. The highest BCUT2D eigenvalue weighted by Crippen LogP contribution is 2.12. The Balaban J connectivity index is 2.01. The molecule has 0 atom stereocenters. The second kappa shape index (κ2) is 6.24. The van der Waals surface area contributed by atoms with Crippen LogP contribution in [0, 0.1) is 20.8 Å². The van der Waals surface area contributed by atoms with Gasteiger partial charge < -0.3 is 11.1 Å². The smallest absolute Gasteiger partial charge is 0.193 e. The number of nitrogens with two attached hydrogens (primary N) is 1. The van der Waals surface area contributed by atoms with Gasteiger partial charge in [0.05, 0.1) is 6.54 Å². The van der Waals surface area contributed by atoms with Gasteiger partial charge in [0, 0.05) is 5.69 Å². The van der Waals surface area contributed by atoms with Crippen molar-refractivity contribution in [2.24, 2.45) is 10.7 Å². The van der Waals surface area contributed by atoms with Crippen LogP contribution in [0.15, 0.2) is 47.5 Å². The predicted octanol–water partition coefficient (Wildman–Crippen LogP) is 3.54. The fraction of sp³-hybridized carbons (Fsp3) is 0.235. The number of aliphatic imine (C=N–C) groups is 1. The zero-order valence-corrected chi connectivity index (χ0v) is 12.3. The quantitative estimate of drug-likeness (QED) is 0.660. The summed E-state index contributed by atoms with van der Waals surface area (Å²) in [5.74, 6) is 0.439. The molecular formula is C17H21N3. The highest BCUT2D eigenvalue weighted by Gasteiger charge is 1.99. The molecule has 3 N–H and O–H groups in total. The number of rotatable bonds is 3. The van der Waals surface area contributed by atoms with Gasteiger partial charge in [0.15, 0.2) is 5.96 Å². The third-order valence-corrected chi connectivity index (χ3v) is 3.24. The molecule has 0 bridgehead atoms. The number of anilines is 1. The van der Waals surface area contributed by atoms with E-state index in [0.717, 1.165) is 5.69 Å². The van der Waals surface area contributed by atoms with Crippen LogP contribution in [0.2, 0.25) is 0 Å². The lowest BCUT2D eigenvalue weighted by molar-refractivity contribution is 1.04. The summed E-state index contributed by atoms with van der Waals surface area (Å²) in [4.78, 5) is 4.39. The van der Waals surface area contributed by atoms with Crippen LogP contribution in [0.25, 0.3) is 0 Å². The van der Waals surface area contributed by atoms with Crippen LogP contribution in [-0.4, -0.2) is 5.96 Å². The van der Waals surface area contributed by atoms with Crippen LogP contribution in [0.5, 0.6) is 0 Å². The zero-order valence-electron chi connectivity index (χ0n) is 12.3. The maximum atomic E-state index is 5.91. The summed E-state index contributed by atoms with van der Waals surface area (Å²) in [7, 11) is 0. The van der Waals surface area contributed by atoms with Crippen LogP contribution in [0.1, 0.15) is 22.3 Å². The van der Waals surface area contributed by atoms with Gasteiger partial charge in [-0.05, 0) is 44.0 Å². The molecular weight excluding hydrogens is 246 g/mol. The van der Waals surface area contributed by atoms with Crippen molar-refractivity contribution in [1.29, 1.82) is 0 Å². The van der Waals surface area contributed by atoms with Crippen molar-refractivity contribution in [2.75, 3.05) is 5.32 Å². The zero-order chi connectivity index (χ0) is 14.5. The lowest BCUT2D eigenvalue weighted by atomic mass is 10.1. The summed E-state index contributed by atoms with van der Waals surface area (Å²) in [6, 6.07) is 14.4. The number of nitrogens with zero attached hydrogens (tertiary/aromatic N) is 1. The number of guanidine groups is 1. The van der Waals surface area contributed by atoms with E-state index < -0.39 is 0 Å². The van der Waals surface area contributed by atoms with Crippen molar-refractivity contribution in [2.45, 2.75) is 27.3 Å². The average molecular weight is 267 g/mol. The predicted molar refractivity (Wildman–Crippen MR) is 86.0 cm³/mol. The number of benzene rings is 2. The SMILES string of the molecule is Cc1ccc(NC(N)=NCc2ccc(C)cc2C)cc1. The number of hydrogen-bond donors (Lipinski definition) is 2. The maximum absolute atomic E-state index is 5.91. The maximum Gasteiger partial charge on any atom is 0.193 e. The van der Waals surface area contributed by atoms with E-state index in [0.29, 0.717) is 12.5 Å². The molecule has 0 aliphatic carbocycles. The molecule has 0 amide bonds. The van der Waals surface area contributed by atoms with Crippen molar-refractivity contribution >= 4 is 11.6 Å². The molecule has 0 spiro atoms. The summed E-state index contributed by atoms with van der Waals surface area (Å²) in [6.45, 7) is 6.84. The molecule has 20 heavy (non-hydrogen) atoms. The molecule has 0 saturated carbocycles. The largest absolute Gasteiger partial charge is 0.370 e. The summed E-state index contributed by atoms with van der Waals surface area (Å²) in [6.07, 6.45) is 0. The standard InChI is InChI=1S/C17H21N3/c1-12-5-8-16(9-6-12)20-17(18)19-11-15-7-4-13(2)10-14(15)3/h4-10H,11H2,1-3H3,(H3,18,19,20). The molecule has 0 unspecified atom stereocenters. The lowest BCUT2D eigenvalue weighted by Crippen LogP contribution is -2.22. The highest BCUT2D eigenvalue weighted by molar-refractivity contribution is 5.92. The summed E-state index contributed by atoms with van der Waals surface area (Å²) in [5, 5.41) is 3.10. The Morgan fingerprint density at radius 1 is 1.00 bits per heavy atom. The molecule has 3 heteroatoms. The van der Waals surface area contributed by atoms with Crippen molar-refractivity contribution in [3.05, 3.63) is 64.7 Å². The monoisotopic (exact) mass is 267 g/mol. The van der Waals surface area contributed by atoms with E-state index in [1.807, 2.05) is 24.3 Å². The summed E-state index contributed by atoms with van der Waals surface area (Å²) >= 11 is 0. The van der Waals surface area contributed by atoms with E-state index in [4.69, 9.17) is 5.73 Å². The molecule has 2 rings (SSSR count). The van der Waals surface area contributed by atoms with E-state index in [2.05, 4.69) is 49.3 Å². The molecule has 3 nitrogen and oxygen atoms in total. The van der Waals surface area contributed by atoms with Crippen LogP contribution < -0.4 is 11.1 Å². The Kier molecular flexibility index (Phi) is 4.41.